The van der Waals surface area contributed by atoms with Gasteiger partial charge in [0.2, 0.25) is 5.91 Å². The summed E-state index contributed by atoms with van der Waals surface area (Å²) in [6.45, 7) is 4.87. The van der Waals surface area contributed by atoms with Crippen LogP contribution in [0, 0.1) is 0 Å². The minimum Gasteiger partial charge on any atom is -0.508 e. The minimum atomic E-state index is -0.119. The number of fused-ring (bicyclic) bond motifs is 1. The molecule has 1 amide bonds. The van der Waals surface area contributed by atoms with Gasteiger partial charge in [-0.2, -0.15) is 0 Å². The Hall–Kier alpha value is -2.34. The van der Waals surface area contributed by atoms with Crippen LogP contribution in [0.25, 0.3) is 11.0 Å². The van der Waals surface area contributed by atoms with E-state index < -0.39 is 0 Å². The van der Waals surface area contributed by atoms with Crippen molar-refractivity contribution >= 4 is 16.9 Å². The van der Waals surface area contributed by atoms with Crippen LogP contribution in [0.1, 0.15) is 12.5 Å². The normalized spacial score (nSPS) is 16.1. The number of hydrogen-bond donors (Lipinski definition) is 1. The van der Waals surface area contributed by atoms with Crippen LogP contribution in [-0.4, -0.2) is 47.0 Å². The standard InChI is InChI=1S/C16H18N2O4/c1-11(19)18-6-4-17(5-7-18)9-12-10-22-15-3-2-13(20)8-14(15)16(12)21/h2-3,8,10,20H,4-7,9H2,1H3. The maximum Gasteiger partial charge on any atom is 0.219 e. The summed E-state index contributed by atoms with van der Waals surface area (Å²) in [7, 11) is 0. The molecule has 1 aromatic heterocycles. The molecule has 1 N–H and O–H groups in total. The Morgan fingerprint density at radius 3 is 2.68 bits per heavy atom. The van der Waals surface area contributed by atoms with Crippen molar-refractivity contribution in [3.05, 3.63) is 40.2 Å². The van der Waals surface area contributed by atoms with E-state index in [1.54, 1.807) is 17.9 Å². The number of benzene rings is 1. The Balaban J connectivity index is 1.79. The van der Waals surface area contributed by atoms with Crippen molar-refractivity contribution in [1.29, 1.82) is 0 Å². The topological polar surface area (TPSA) is 74.0 Å². The fraction of sp³-hybridized carbons (Fsp3) is 0.375. The molecule has 0 spiro atoms. The van der Waals surface area contributed by atoms with Crippen molar-refractivity contribution in [2.75, 3.05) is 26.2 Å². The van der Waals surface area contributed by atoms with E-state index >= 15 is 0 Å². The van der Waals surface area contributed by atoms with Crippen LogP contribution in [0.3, 0.4) is 0 Å². The molecule has 2 heterocycles. The van der Waals surface area contributed by atoms with Crippen molar-refractivity contribution in [2.24, 2.45) is 0 Å². The van der Waals surface area contributed by atoms with Crippen LogP contribution < -0.4 is 5.43 Å². The molecular formula is C16H18N2O4. The predicted octanol–water partition coefficient (Wildman–Crippen LogP) is 1.16. The highest BCUT2D eigenvalue weighted by Gasteiger charge is 2.20. The van der Waals surface area contributed by atoms with Crippen molar-refractivity contribution in [3.8, 4) is 5.75 Å². The summed E-state index contributed by atoms with van der Waals surface area (Å²) in [5, 5.41) is 9.91. The molecule has 1 aromatic carbocycles. The summed E-state index contributed by atoms with van der Waals surface area (Å²) >= 11 is 0. The van der Waals surface area contributed by atoms with E-state index in [-0.39, 0.29) is 17.1 Å². The van der Waals surface area contributed by atoms with E-state index in [2.05, 4.69) is 4.90 Å². The molecule has 0 unspecified atom stereocenters. The molecule has 3 rings (SSSR count). The number of piperazine rings is 1. The number of carbonyl (C=O) groups excluding carboxylic acids is 1. The van der Waals surface area contributed by atoms with E-state index in [9.17, 15) is 14.7 Å². The first-order valence-corrected chi connectivity index (χ1v) is 7.26. The highest BCUT2D eigenvalue weighted by molar-refractivity contribution is 5.78. The third-order valence-corrected chi connectivity index (χ3v) is 4.04. The maximum atomic E-state index is 12.5. The summed E-state index contributed by atoms with van der Waals surface area (Å²) in [6, 6.07) is 4.51. The average molecular weight is 302 g/mol. The van der Waals surface area contributed by atoms with Crippen molar-refractivity contribution < 1.29 is 14.3 Å². The molecule has 1 fully saturated rings. The molecule has 6 heteroatoms. The molecule has 2 aromatic rings. The zero-order valence-corrected chi connectivity index (χ0v) is 12.4. The summed E-state index contributed by atoms with van der Waals surface area (Å²) in [5.74, 6) is 0.132. The van der Waals surface area contributed by atoms with Gasteiger partial charge in [0.05, 0.1) is 11.6 Å². The molecule has 0 atom stereocenters. The lowest BCUT2D eigenvalue weighted by atomic mass is 10.1. The zero-order chi connectivity index (χ0) is 15.7. The van der Waals surface area contributed by atoms with Gasteiger partial charge < -0.3 is 14.4 Å². The third kappa shape index (κ3) is 2.82. The Bertz CT molecular complexity index is 760. The smallest absolute Gasteiger partial charge is 0.219 e. The summed E-state index contributed by atoms with van der Waals surface area (Å²) < 4.78 is 5.48. The van der Waals surface area contributed by atoms with Crippen LogP contribution in [0.5, 0.6) is 5.75 Å². The highest BCUT2D eigenvalue weighted by Crippen LogP contribution is 2.18. The number of phenolic OH excluding ortho intramolecular Hbond substituents is 1. The quantitative estimate of drug-likeness (QED) is 0.901. The Morgan fingerprint density at radius 1 is 1.27 bits per heavy atom. The van der Waals surface area contributed by atoms with Crippen LogP contribution >= 0.6 is 0 Å². The van der Waals surface area contributed by atoms with Gasteiger partial charge in [0.25, 0.3) is 0 Å². The van der Waals surface area contributed by atoms with E-state index in [0.717, 1.165) is 13.1 Å². The second kappa shape index (κ2) is 5.81. The second-order valence-electron chi connectivity index (χ2n) is 5.55. The van der Waals surface area contributed by atoms with Gasteiger partial charge in [-0.1, -0.05) is 0 Å². The Labute approximate surface area is 127 Å². The second-order valence-corrected chi connectivity index (χ2v) is 5.55. The van der Waals surface area contributed by atoms with Gasteiger partial charge in [0.1, 0.15) is 11.3 Å². The molecule has 1 aliphatic heterocycles. The number of amides is 1. The van der Waals surface area contributed by atoms with Crippen LogP contribution in [0.4, 0.5) is 0 Å². The molecule has 0 saturated carbocycles. The van der Waals surface area contributed by atoms with Crippen LogP contribution in [0.15, 0.2) is 33.7 Å². The SMILES string of the molecule is CC(=O)N1CCN(Cc2coc3ccc(O)cc3c2=O)CC1. The maximum absolute atomic E-state index is 12.5. The Morgan fingerprint density at radius 2 is 2.00 bits per heavy atom. The van der Waals surface area contributed by atoms with Crippen molar-refractivity contribution in [1.82, 2.24) is 9.80 Å². The van der Waals surface area contributed by atoms with Crippen molar-refractivity contribution in [3.63, 3.8) is 0 Å². The van der Waals surface area contributed by atoms with Crippen LogP contribution in [0.2, 0.25) is 0 Å². The first kappa shape index (κ1) is 14.6. The van der Waals surface area contributed by atoms with Crippen LogP contribution in [-0.2, 0) is 11.3 Å². The van der Waals surface area contributed by atoms with Gasteiger partial charge in [0.15, 0.2) is 5.43 Å². The first-order valence-electron chi connectivity index (χ1n) is 7.26. The largest absolute Gasteiger partial charge is 0.508 e. The lowest BCUT2D eigenvalue weighted by molar-refractivity contribution is -0.130. The number of phenols is 1. The minimum absolute atomic E-state index is 0.0482. The van der Waals surface area contributed by atoms with Gasteiger partial charge >= 0.3 is 0 Å². The van der Waals surface area contributed by atoms with Gasteiger partial charge in [-0.25, -0.2) is 0 Å². The van der Waals surface area contributed by atoms with E-state index in [0.29, 0.717) is 36.2 Å². The molecule has 1 aliphatic rings. The van der Waals surface area contributed by atoms with Gasteiger partial charge in [-0.15, -0.1) is 0 Å². The van der Waals surface area contributed by atoms with Gasteiger partial charge in [-0.05, 0) is 18.2 Å². The first-order chi connectivity index (χ1) is 10.5. The number of nitrogens with zero attached hydrogens (tertiary/aromatic N) is 2. The molecular weight excluding hydrogens is 284 g/mol. The molecule has 6 nitrogen and oxygen atoms in total. The number of hydrogen-bond acceptors (Lipinski definition) is 5. The summed E-state index contributed by atoms with van der Waals surface area (Å²) in [5.41, 5.74) is 0.911. The third-order valence-electron chi connectivity index (χ3n) is 4.04. The van der Waals surface area contributed by atoms with Crippen molar-refractivity contribution in [2.45, 2.75) is 13.5 Å². The molecule has 0 aliphatic carbocycles. The van der Waals surface area contributed by atoms with E-state index in [4.69, 9.17) is 4.42 Å². The van der Waals surface area contributed by atoms with Gasteiger partial charge in [-0.3, -0.25) is 14.5 Å². The van der Waals surface area contributed by atoms with E-state index in [1.165, 1.54) is 18.4 Å². The lowest BCUT2D eigenvalue weighted by Crippen LogP contribution is -2.47. The molecule has 22 heavy (non-hydrogen) atoms. The monoisotopic (exact) mass is 302 g/mol. The predicted molar refractivity (Wildman–Crippen MR) is 81.7 cm³/mol. The molecule has 0 bridgehead atoms. The number of carbonyl (C=O) groups is 1. The number of rotatable bonds is 2. The lowest BCUT2D eigenvalue weighted by Gasteiger charge is -2.33. The summed E-state index contributed by atoms with van der Waals surface area (Å²) in [6.07, 6.45) is 1.49. The molecule has 1 saturated heterocycles. The zero-order valence-electron chi connectivity index (χ0n) is 12.4. The highest BCUT2D eigenvalue weighted by atomic mass is 16.3. The number of aromatic hydroxyl groups is 1. The molecule has 116 valence electrons. The fourth-order valence-corrected chi connectivity index (χ4v) is 2.73. The fourth-order valence-electron chi connectivity index (χ4n) is 2.73. The average Bonchev–Trinajstić information content (AvgIpc) is 2.51. The van der Waals surface area contributed by atoms with E-state index in [1.807, 2.05) is 0 Å². The summed E-state index contributed by atoms with van der Waals surface area (Å²) in [4.78, 5) is 27.7. The Kier molecular flexibility index (Phi) is 3.85. The molecule has 0 radical (unpaired) electrons. The van der Waals surface area contributed by atoms with Gasteiger partial charge in [0, 0.05) is 45.2 Å².